The number of likely N-dealkylation sites (tertiary alicyclic amines) is 1. The molecule has 0 aromatic heterocycles. The Morgan fingerprint density at radius 1 is 1.00 bits per heavy atom. The minimum Gasteiger partial charge on any atom is -0.495 e. The third-order valence-corrected chi connectivity index (χ3v) is 5.64. The molecule has 0 radical (unpaired) electrons. The lowest BCUT2D eigenvalue weighted by molar-refractivity contribution is -0.123. The van der Waals surface area contributed by atoms with E-state index in [-0.39, 0.29) is 23.8 Å². The fourth-order valence-corrected chi connectivity index (χ4v) is 3.79. The molecule has 0 bridgehead atoms. The Morgan fingerprint density at radius 2 is 1.58 bits per heavy atom. The number of nitrogens with one attached hydrogen (secondary N) is 2. The van der Waals surface area contributed by atoms with E-state index in [4.69, 9.17) is 9.47 Å². The van der Waals surface area contributed by atoms with Gasteiger partial charge in [0, 0.05) is 5.92 Å². The zero-order valence-corrected chi connectivity index (χ0v) is 18.4. The normalized spacial score (nSPS) is 15.7. The van der Waals surface area contributed by atoms with Crippen molar-refractivity contribution >= 4 is 23.2 Å². The Balaban J connectivity index is 1.53. The summed E-state index contributed by atoms with van der Waals surface area (Å²) in [6, 6.07) is 14.5. The van der Waals surface area contributed by atoms with Gasteiger partial charge in [0.15, 0.2) is 0 Å². The highest BCUT2D eigenvalue weighted by molar-refractivity contribution is 5.96. The minimum absolute atomic E-state index is 0.00750. The van der Waals surface area contributed by atoms with Crippen LogP contribution >= 0.6 is 0 Å². The van der Waals surface area contributed by atoms with Crippen molar-refractivity contribution in [3.05, 3.63) is 48.5 Å². The van der Waals surface area contributed by atoms with Gasteiger partial charge in [-0.2, -0.15) is 0 Å². The number of para-hydroxylation sites is 4. The lowest BCUT2D eigenvalue weighted by atomic mass is 9.94. The van der Waals surface area contributed by atoms with Gasteiger partial charge in [-0.05, 0) is 64.0 Å². The molecule has 3 rings (SSSR count). The quantitative estimate of drug-likeness (QED) is 0.673. The molecular formula is C24H31N3O4. The number of hydrogen-bond donors (Lipinski definition) is 2. The van der Waals surface area contributed by atoms with Crippen LogP contribution < -0.4 is 20.1 Å². The molecule has 2 aromatic rings. The smallest absolute Gasteiger partial charge is 0.241 e. The second-order valence-corrected chi connectivity index (χ2v) is 7.59. The van der Waals surface area contributed by atoms with Gasteiger partial charge in [-0.25, -0.2) is 0 Å². The van der Waals surface area contributed by atoms with E-state index in [9.17, 15) is 9.59 Å². The van der Waals surface area contributed by atoms with Crippen molar-refractivity contribution < 1.29 is 19.1 Å². The van der Waals surface area contributed by atoms with Gasteiger partial charge in [0.25, 0.3) is 0 Å². The molecule has 7 nitrogen and oxygen atoms in total. The van der Waals surface area contributed by atoms with E-state index in [1.807, 2.05) is 62.4 Å². The lowest BCUT2D eigenvalue weighted by Gasteiger charge is -2.34. The van der Waals surface area contributed by atoms with Crippen molar-refractivity contribution in [2.45, 2.75) is 32.7 Å². The highest BCUT2D eigenvalue weighted by atomic mass is 16.5. The van der Waals surface area contributed by atoms with Crippen molar-refractivity contribution in [3.8, 4) is 11.5 Å². The number of carbonyl (C=O) groups is 2. The number of carbonyl (C=O) groups excluding carboxylic acids is 2. The van der Waals surface area contributed by atoms with E-state index in [1.165, 1.54) is 0 Å². The number of ether oxygens (including phenoxy) is 2. The van der Waals surface area contributed by atoms with Crippen LogP contribution in [0.2, 0.25) is 0 Å². The number of nitrogens with zero attached hydrogens (tertiary/aromatic N) is 1. The molecule has 1 saturated heterocycles. The standard InChI is InChI=1S/C24H31N3O4/c1-4-31-22-12-8-6-10-20(22)25-23(28)17(2)27-15-13-18(14-16-27)24(29)26-19-9-5-7-11-21(19)30-3/h5-12,17-18H,4,13-16H2,1-3H3,(H,25,28)(H,26,29). The van der Waals surface area contributed by atoms with Crippen LogP contribution in [0.1, 0.15) is 26.7 Å². The molecule has 31 heavy (non-hydrogen) atoms. The van der Waals surface area contributed by atoms with Crippen LogP contribution in [0.25, 0.3) is 0 Å². The molecule has 166 valence electrons. The Hall–Kier alpha value is -3.06. The SMILES string of the molecule is CCOc1ccccc1NC(=O)C(C)N1CCC(C(=O)Nc2ccccc2OC)CC1. The number of hydrogen-bond acceptors (Lipinski definition) is 5. The molecule has 1 unspecified atom stereocenters. The first-order chi connectivity index (χ1) is 15.0. The zero-order chi connectivity index (χ0) is 22.2. The third kappa shape index (κ3) is 5.76. The molecule has 0 aliphatic carbocycles. The summed E-state index contributed by atoms with van der Waals surface area (Å²) in [5, 5.41) is 5.95. The van der Waals surface area contributed by atoms with Crippen LogP contribution in [0.5, 0.6) is 11.5 Å². The summed E-state index contributed by atoms with van der Waals surface area (Å²) in [6.07, 6.45) is 1.41. The molecular weight excluding hydrogens is 394 g/mol. The number of piperidine rings is 1. The van der Waals surface area contributed by atoms with Crippen LogP contribution in [-0.4, -0.2) is 49.6 Å². The molecule has 2 amide bonds. The first-order valence-electron chi connectivity index (χ1n) is 10.7. The van der Waals surface area contributed by atoms with Crippen molar-refractivity contribution in [3.63, 3.8) is 0 Å². The summed E-state index contributed by atoms with van der Waals surface area (Å²) in [4.78, 5) is 27.6. The Bertz CT molecular complexity index is 894. The molecule has 1 aliphatic rings. The summed E-state index contributed by atoms with van der Waals surface area (Å²) in [6.45, 7) is 5.72. The average Bonchev–Trinajstić information content (AvgIpc) is 2.80. The molecule has 0 spiro atoms. The van der Waals surface area contributed by atoms with Crippen LogP contribution in [0.3, 0.4) is 0 Å². The van der Waals surface area contributed by atoms with E-state index in [1.54, 1.807) is 7.11 Å². The van der Waals surface area contributed by atoms with E-state index >= 15 is 0 Å². The maximum atomic E-state index is 12.8. The second kappa shape index (κ2) is 10.8. The number of rotatable bonds is 8. The van der Waals surface area contributed by atoms with E-state index in [0.717, 1.165) is 0 Å². The van der Waals surface area contributed by atoms with Crippen molar-refractivity contribution in [1.29, 1.82) is 0 Å². The van der Waals surface area contributed by atoms with Gasteiger partial charge in [-0.1, -0.05) is 24.3 Å². The topological polar surface area (TPSA) is 79.9 Å². The molecule has 1 atom stereocenters. The fourth-order valence-electron chi connectivity index (χ4n) is 3.79. The highest BCUT2D eigenvalue weighted by Gasteiger charge is 2.30. The van der Waals surface area contributed by atoms with Gasteiger partial charge in [-0.3, -0.25) is 14.5 Å². The van der Waals surface area contributed by atoms with Gasteiger partial charge < -0.3 is 20.1 Å². The van der Waals surface area contributed by atoms with E-state index in [0.29, 0.717) is 55.4 Å². The van der Waals surface area contributed by atoms with E-state index in [2.05, 4.69) is 15.5 Å². The average molecular weight is 426 g/mol. The molecule has 2 N–H and O–H groups in total. The predicted octanol–water partition coefficient (Wildman–Crippen LogP) is 3.77. The number of benzene rings is 2. The molecule has 1 heterocycles. The molecule has 1 aliphatic heterocycles. The summed E-state index contributed by atoms with van der Waals surface area (Å²) in [7, 11) is 1.59. The summed E-state index contributed by atoms with van der Waals surface area (Å²) in [5.41, 5.74) is 1.35. The fraction of sp³-hybridized carbons (Fsp3) is 0.417. The van der Waals surface area contributed by atoms with Crippen LogP contribution in [0, 0.1) is 5.92 Å². The summed E-state index contributed by atoms with van der Waals surface area (Å²) < 4.78 is 10.9. The Morgan fingerprint density at radius 3 is 2.19 bits per heavy atom. The number of methoxy groups -OCH3 is 1. The van der Waals surface area contributed by atoms with Crippen LogP contribution in [0.4, 0.5) is 11.4 Å². The Kier molecular flexibility index (Phi) is 7.89. The highest BCUT2D eigenvalue weighted by Crippen LogP contribution is 2.27. The van der Waals surface area contributed by atoms with Gasteiger partial charge in [0.05, 0.1) is 31.1 Å². The van der Waals surface area contributed by atoms with Crippen molar-refractivity contribution in [2.24, 2.45) is 5.92 Å². The second-order valence-electron chi connectivity index (χ2n) is 7.59. The van der Waals surface area contributed by atoms with Gasteiger partial charge in [-0.15, -0.1) is 0 Å². The number of amides is 2. The minimum atomic E-state index is -0.298. The predicted molar refractivity (Wildman–Crippen MR) is 122 cm³/mol. The van der Waals surface area contributed by atoms with Gasteiger partial charge >= 0.3 is 0 Å². The van der Waals surface area contributed by atoms with Crippen LogP contribution in [-0.2, 0) is 9.59 Å². The third-order valence-electron chi connectivity index (χ3n) is 5.64. The first kappa shape index (κ1) is 22.6. The van der Waals surface area contributed by atoms with E-state index < -0.39 is 0 Å². The molecule has 1 fully saturated rings. The lowest BCUT2D eigenvalue weighted by Crippen LogP contribution is -2.47. The largest absolute Gasteiger partial charge is 0.495 e. The molecule has 7 heteroatoms. The molecule has 0 saturated carbocycles. The summed E-state index contributed by atoms with van der Waals surface area (Å²) >= 11 is 0. The zero-order valence-electron chi connectivity index (χ0n) is 18.4. The van der Waals surface area contributed by atoms with Crippen molar-refractivity contribution in [2.75, 3.05) is 37.4 Å². The van der Waals surface area contributed by atoms with Crippen molar-refractivity contribution in [1.82, 2.24) is 4.90 Å². The Labute approximate surface area is 183 Å². The van der Waals surface area contributed by atoms with Gasteiger partial charge in [0.1, 0.15) is 11.5 Å². The monoisotopic (exact) mass is 425 g/mol. The summed E-state index contributed by atoms with van der Waals surface area (Å²) in [5.74, 6) is 1.13. The maximum absolute atomic E-state index is 12.8. The molecule has 2 aromatic carbocycles. The maximum Gasteiger partial charge on any atom is 0.241 e. The van der Waals surface area contributed by atoms with Crippen LogP contribution in [0.15, 0.2) is 48.5 Å². The van der Waals surface area contributed by atoms with Gasteiger partial charge in [0.2, 0.25) is 11.8 Å². The number of anilines is 2. The first-order valence-corrected chi connectivity index (χ1v) is 10.7.